The maximum atomic E-state index is 12.7. The van der Waals surface area contributed by atoms with E-state index in [1.165, 1.54) is 32.1 Å². The molecule has 1 saturated carbocycles. The minimum absolute atomic E-state index is 0. The molecule has 1 amide bonds. The van der Waals surface area contributed by atoms with Gasteiger partial charge in [0, 0.05) is 18.5 Å². The van der Waals surface area contributed by atoms with Crippen LogP contribution in [-0.2, 0) is 4.79 Å². The minimum atomic E-state index is 0. The number of carbonyl (C=O) groups is 1. The fraction of sp³-hybridized carbons (Fsp3) is 0.938. The van der Waals surface area contributed by atoms with Crippen LogP contribution in [0.5, 0.6) is 0 Å². The van der Waals surface area contributed by atoms with Crippen molar-refractivity contribution in [2.75, 3.05) is 6.54 Å². The van der Waals surface area contributed by atoms with Gasteiger partial charge in [0.25, 0.3) is 0 Å². The summed E-state index contributed by atoms with van der Waals surface area (Å²) in [5.41, 5.74) is 6.12. The summed E-state index contributed by atoms with van der Waals surface area (Å²) < 4.78 is 0. The van der Waals surface area contributed by atoms with Crippen molar-refractivity contribution < 1.29 is 4.79 Å². The summed E-state index contributed by atoms with van der Waals surface area (Å²) in [5.74, 6) is 0.365. The molecule has 4 heteroatoms. The summed E-state index contributed by atoms with van der Waals surface area (Å²) in [5, 5.41) is 0. The zero-order valence-electron chi connectivity index (χ0n) is 13.1. The van der Waals surface area contributed by atoms with Gasteiger partial charge in [-0.1, -0.05) is 26.2 Å². The molecule has 1 heterocycles. The molecule has 3 nitrogen and oxygen atoms in total. The predicted octanol–water partition coefficient (Wildman–Crippen LogP) is 3.50. The Bertz CT molecular complexity index is 316. The molecule has 0 radical (unpaired) electrons. The van der Waals surface area contributed by atoms with Crippen molar-refractivity contribution in [2.45, 2.75) is 83.7 Å². The van der Waals surface area contributed by atoms with Crippen LogP contribution in [0.25, 0.3) is 0 Å². The number of hydrogen-bond acceptors (Lipinski definition) is 2. The van der Waals surface area contributed by atoms with Gasteiger partial charge in [0.15, 0.2) is 0 Å². The lowest BCUT2D eigenvalue weighted by Crippen LogP contribution is -2.44. The average molecular weight is 303 g/mol. The van der Waals surface area contributed by atoms with E-state index >= 15 is 0 Å². The molecule has 1 saturated heterocycles. The van der Waals surface area contributed by atoms with E-state index in [9.17, 15) is 4.79 Å². The topological polar surface area (TPSA) is 46.3 Å². The number of nitrogens with two attached hydrogens (primary N) is 1. The first-order valence-electron chi connectivity index (χ1n) is 8.13. The standard InChI is InChI=1S/C16H30N2O.ClH/c1-3-14-8-7-13(2)18(14)15(19)11-16(12-17)9-5-4-6-10-16;/h13-14H,3-12,17H2,1-2H3;1H. The Balaban J connectivity index is 0.00000200. The van der Waals surface area contributed by atoms with Gasteiger partial charge in [0.2, 0.25) is 5.91 Å². The predicted molar refractivity (Wildman–Crippen MR) is 86.1 cm³/mol. The van der Waals surface area contributed by atoms with Gasteiger partial charge in [0.05, 0.1) is 0 Å². The van der Waals surface area contributed by atoms with Gasteiger partial charge in [-0.3, -0.25) is 4.79 Å². The van der Waals surface area contributed by atoms with Crippen molar-refractivity contribution >= 4 is 18.3 Å². The quantitative estimate of drug-likeness (QED) is 0.864. The fourth-order valence-corrected chi connectivity index (χ4v) is 4.09. The molecule has 2 fully saturated rings. The molecule has 0 bridgehead atoms. The molecule has 0 aromatic heterocycles. The lowest BCUT2D eigenvalue weighted by molar-refractivity contribution is -0.136. The average Bonchev–Trinajstić information content (AvgIpc) is 2.81. The Hall–Kier alpha value is -0.280. The van der Waals surface area contributed by atoms with Gasteiger partial charge in [-0.05, 0) is 51.0 Å². The van der Waals surface area contributed by atoms with Crippen molar-refractivity contribution in [3.63, 3.8) is 0 Å². The lowest BCUT2D eigenvalue weighted by atomic mass is 9.71. The van der Waals surface area contributed by atoms with Gasteiger partial charge in [-0.25, -0.2) is 0 Å². The largest absolute Gasteiger partial charge is 0.337 e. The molecule has 2 rings (SSSR count). The molecular weight excluding hydrogens is 272 g/mol. The van der Waals surface area contributed by atoms with E-state index in [1.807, 2.05) is 0 Å². The molecule has 1 aliphatic carbocycles. The maximum absolute atomic E-state index is 12.7. The van der Waals surface area contributed by atoms with E-state index < -0.39 is 0 Å². The van der Waals surface area contributed by atoms with E-state index in [0.29, 0.717) is 31.0 Å². The zero-order valence-corrected chi connectivity index (χ0v) is 13.9. The van der Waals surface area contributed by atoms with Crippen molar-refractivity contribution in [3.05, 3.63) is 0 Å². The Morgan fingerprint density at radius 2 is 1.90 bits per heavy atom. The van der Waals surface area contributed by atoms with Crippen LogP contribution in [0.1, 0.15) is 71.6 Å². The van der Waals surface area contributed by atoms with Gasteiger partial charge in [-0.15, -0.1) is 12.4 Å². The zero-order chi connectivity index (χ0) is 13.9. The Morgan fingerprint density at radius 1 is 1.25 bits per heavy atom. The van der Waals surface area contributed by atoms with Crippen LogP contribution in [0.15, 0.2) is 0 Å². The van der Waals surface area contributed by atoms with Gasteiger partial charge >= 0.3 is 0 Å². The highest BCUT2D eigenvalue weighted by molar-refractivity contribution is 5.85. The van der Waals surface area contributed by atoms with E-state index in [-0.39, 0.29) is 17.8 Å². The monoisotopic (exact) mass is 302 g/mol. The second-order valence-corrected chi connectivity index (χ2v) is 6.73. The van der Waals surface area contributed by atoms with Crippen molar-refractivity contribution in [1.82, 2.24) is 4.90 Å². The van der Waals surface area contributed by atoms with Crippen molar-refractivity contribution in [1.29, 1.82) is 0 Å². The summed E-state index contributed by atoms with van der Waals surface area (Å²) >= 11 is 0. The number of halogens is 1. The van der Waals surface area contributed by atoms with E-state index in [2.05, 4.69) is 18.7 Å². The van der Waals surface area contributed by atoms with Crippen LogP contribution in [0.4, 0.5) is 0 Å². The summed E-state index contributed by atoms with van der Waals surface area (Å²) in [4.78, 5) is 14.9. The lowest BCUT2D eigenvalue weighted by Gasteiger charge is -2.38. The molecule has 2 atom stereocenters. The smallest absolute Gasteiger partial charge is 0.223 e. The molecule has 1 aliphatic heterocycles. The molecule has 0 spiro atoms. The number of nitrogens with zero attached hydrogens (tertiary/aromatic N) is 1. The van der Waals surface area contributed by atoms with Crippen LogP contribution >= 0.6 is 12.4 Å². The Labute approximate surface area is 130 Å². The number of carbonyl (C=O) groups excluding carboxylic acids is 1. The molecular formula is C16H31ClN2O. The Morgan fingerprint density at radius 3 is 2.45 bits per heavy atom. The SMILES string of the molecule is CCC1CCC(C)N1C(=O)CC1(CN)CCCCC1.Cl. The van der Waals surface area contributed by atoms with Crippen LogP contribution < -0.4 is 5.73 Å². The molecule has 0 aromatic rings. The second kappa shape index (κ2) is 7.65. The molecule has 2 aliphatic rings. The highest BCUT2D eigenvalue weighted by Gasteiger charge is 2.39. The fourth-order valence-electron chi connectivity index (χ4n) is 4.09. The van der Waals surface area contributed by atoms with Crippen LogP contribution in [0.2, 0.25) is 0 Å². The third kappa shape index (κ3) is 3.67. The molecule has 2 N–H and O–H groups in total. The highest BCUT2D eigenvalue weighted by atomic mass is 35.5. The first-order chi connectivity index (χ1) is 9.12. The summed E-state index contributed by atoms with van der Waals surface area (Å²) in [6, 6.07) is 0.900. The van der Waals surface area contributed by atoms with E-state index in [0.717, 1.165) is 19.3 Å². The van der Waals surface area contributed by atoms with Gasteiger partial charge in [0.1, 0.15) is 0 Å². The summed E-state index contributed by atoms with van der Waals surface area (Å²) in [6.45, 7) is 5.07. The number of amides is 1. The van der Waals surface area contributed by atoms with Crippen LogP contribution in [0.3, 0.4) is 0 Å². The Kier molecular flexibility index (Phi) is 6.80. The third-order valence-corrected chi connectivity index (χ3v) is 5.42. The van der Waals surface area contributed by atoms with Crippen LogP contribution in [0, 0.1) is 5.41 Å². The minimum Gasteiger partial charge on any atom is -0.337 e. The van der Waals surface area contributed by atoms with Crippen molar-refractivity contribution in [2.24, 2.45) is 11.1 Å². The molecule has 20 heavy (non-hydrogen) atoms. The summed E-state index contributed by atoms with van der Waals surface area (Å²) in [6.07, 6.45) is 10.2. The molecule has 118 valence electrons. The first kappa shape index (κ1) is 17.8. The van der Waals surface area contributed by atoms with E-state index in [1.54, 1.807) is 0 Å². The van der Waals surface area contributed by atoms with Gasteiger partial charge in [-0.2, -0.15) is 0 Å². The third-order valence-electron chi connectivity index (χ3n) is 5.42. The number of hydrogen-bond donors (Lipinski definition) is 1. The van der Waals surface area contributed by atoms with Gasteiger partial charge < -0.3 is 10.6 Å². The first-order valence-corrected chi connectivity index (χ1v) is 8.13. The van der Waals surface area contributed by atoms with E-state index in [4.69, 9.17) is 5.73 Å². The second-order valence-electron chi connectivity index (χ2n) is 6.73. The van der Waals surface area contributed by atoms with Crippen molar-refractivity contribution in [3.8, 4) is 0 Å². The molecule has 0 aromatic carbocycles. The maximum Gasteiger partial charge on any atom is 0.223 e. The summed E-state index contributed by atoms with van der Waals surface area (Å²) in [7, 11) is 0. The highest BCUT2D eigenvalue weighted by Crippen LogP contribution is 2.40. The normalized spacial score (nSPS) is 29.1. The van der Waals surface area contributed by atoms with Crippen LogP contribution in [-0.4, -0.2) is 29.4 Å². The number of likely N-dealkylation sites (tertiary alicyclic amines) is 1. The number of rotatable bonds is 4. The molecule has 2 unspecified atom stereocenters.